The van der Waals surface area contributed by atoms with E-state index in [1.54, 1.807) is 31.4 Å². The molecular weight excluding hydrogens is 412 g/mol. The Bertz CT molecular complexity index is 1170. The first-order valence-electron chi connectivity index (χ1n) is 9.23. The fourth-order valence-corrected chi connectivity index (χ4v) is 3.73. The molecule has 0 radical (unpaired) electrons. The molecule has 0 saturated heterocycles. The lowest BCUT2D eigenvalue weighted by molar-refractivity contribution is -0.410. The minimum atomic E-state index is -0.430. The second-order valence-electron chi connectivity index (χ2n) is 6.38. The van der Waals surface area contributed by atoms with E-state index in [4.69, 9.17) is 15.2 Å². The number of nitrogens with one attached hydrogen (secondary N) is 1. The number of esters is 1. The highest BCUT2D eigenvalue weighted by Gasteiger charge is 2.24. The zero-order valence-electron chi connectivity index (χ0n) is 16.7. The Morgan fingerprint density at radius 3 is 2.35 bits per heavy atom. The first-order valence-corrected chi connectivity index (χ1v) is 10.2. The molecular formula is C23H19N4O3S+. The number of carbonyl (C=O) groups is 1. The lowest BCUT2D eigenvalue weighted by Crippen LogP contribution is -2.19. The summed E-state index contributed by atoms with van der Waals surface area (Å²) in [5.74, 6) is 0.310. The number of nitriles is 2. The summed E-state index contributed by atoms with van der Waals surface area (Å²) in [7, 11) is 1.55. The molecule has 0 aliphatic heterocycles. The molecule has 8 heteroatoms. The minimum Gasteiger partial charge on any atom is -0.497 e. The molecule has 1 aromatic heterocycles. The summed E-state index contributed by atoms with van der Waals surface area (Å²) in [4.78, 5) is 15.1. The quantitative estimate of drug-likeness (QED) is 0.449. The van der Waals surface area contributed by atoms with Gasteiger partial charge in [-0.2, -0.15) is 10.5 Å². The standard InChI is InChI=1S/C23H18N4O3S/c1-29-17-9-7-16(8-10-17)21-18(11-24)22(26)27-23(19(21)12-25)31-14-20(28)30-13-15-5-3-2-4-6-15/h2-10H,13-14H2,1H3,(H2,26,27)/p+1. The largest absolute Gasteiger partial charge is 0.497 e. The molecule has 0 aliphatic carbocycles. The molecule has 1 heterocycles. The number of hydrogen-bond acceptors (Lipinski definition) is 7. The smallest absolute Gasteiger partial charge is 0.316 e. The topological polar surface area (TPSA) is 123 Å². The van der Waals surface area contributed by atoms with Gasteiger partial charge in [0.25, 0.3) is 5.82 Å². The lowest BCUT2D eigenvalue weighted by Gasteiger charge is -2.11. The second-order valence-corrected chi connectivity index (χ2v) is 7.37. The van der Waals surface area contributed by atoms with Gasteiger partial charge in [-0.05, 0) is 23.3 Å². The van der Waals surface area contributed by atoms with E-state index in [2.05, 4.69) is 17.1 Å². The SMILES string of the molecule is COc1ccc(-c2c(C#N)c(N)[nH+]c(SCC(=O)OCc3ccccc3)c2C#N)cc1. The third kappa shape index (κ3) is 5.13. The van der Waals surface area contributed by atoms with Crippen molar-refractivity contribution in [1.82, 2.24) is 0 Å². The first kappa shape index (κ1) is 21.7. The number of carbonyl (C=O) groups excluding carboxylic acids is 1. The highest BCUT2D eigenvalue weighted by atomic mass is 32.2. The van der Waals surface area contributed by atoms with Crippen molar-refractivity contribution in [2.45, 2.75) is 11.6 Å². The van der Waals surface area contributed by atoms with Gasteiger partial charge in [-0.3, -0.25) is 10.5 Å². The van der Waals surface area contributed by atoms with Gasteiger partial charge < -0.3 is 9.47 Å². The Morgan fingerprint density at radius 1 is 1.06 bits per heavy atom. The van der Waals surface area contributed by atoms with Gasteiger partial charge in [0.05, 0.1) is 12.9 Å². The number of nitrogen functional groups attached to an aromatic ring is 1. The highest BCUT2D eigenvalue weighted by molar-refractivity contribution is 7.99. The Balaban J connectivity index is 1.85. The number of pyridine rings is 1. The molecule has 0 amide bonds. The Morgan fingerprint density at radius 2 is 1.74 bits per heavy atom. The van der Waals surface area contributed by atoms with Crippen LogP contribution in [0.3, 0.4) is 0 Å². The number of hydrogen-bond donors (Lipinski definition) is 1. The van der Waals surface area contributed by atoms with Gasteiger partial charge in [-0.1, -0.05) is 54.2 Å². The fourth-order valence-electron chi connectivity index (χ4n) is 2.91. The highest BCUT2D eigenvalue weighted by Crippen LogP contribution is 2.34. The average Bonchev–Trinajstić information content (AvgIpc) is 2.81. The summed E-state index contributed by atoms with van der Waals surface area (Å²) >= 11 is 1.10. The number of nitrogens with zero attached hydrogens (tertiary/aromatic N) is 2. The number of aromatic amines is 1. The molecule has 0 atom stereocenters. The second kappa shape index (κ2) is 10.1. The van der Waals surface area contributed by atoms with Crippen LogP contribution in [0.15, 0.2) is 59.6 Å². The van der Waals surface area contributed by atoms with Crippen molar-refractivity contribution in [2.24, 2.45) is 0 Å². The molecule has 7 nitrogen and oxygen atoms in total. The van der Waals surface area contributed by atoms with E-state index in [1.165, 1.54) is 0 Å². The molecule has 0 unspecified atom stereocenters. The van der Waals surface area contributed by atoms with E-state index < -0.39 is 5.97 Å². The number of H-pyrrole nitrogens is 1. The number of anilines is 1. The van der Waals surface area contributed by atoms with Gasteiger partial charge in [0.2, 0.25) is 0 Å². The third-order valence-electron chi connectivity index (χ3n) is 4.42. The van der Waals surface area contributed by atoms with Crippen LogP contribution in [0, 0.1) is 22.7 Å². The average molecular weight is 431 g/mol. The maximum atomic E-state index is 12.2. The predicted molar refractivity (Wildman–Crippen MR) is 116 cm³/mol. The van der Waals surface area contributed by atoms with Gasteiger partial charge in [0.15, 0.2) is 5.03 Å². The van der Waals surface area contributed by atoms with Crippen molar-refractivity contribution in [1.29, 1.82) is 10.5 Å². The van der Waals surface area contributed by atoms with Crippen LogP contribution in [-0.4, -0.2) is 18.8 Å². The molecule has 31 heavy (non-hydrogen) atoms. The molecule has 0 spiro atoms. The Kier molecular flexibility index (Phi) is 7.10. The molecule has 0 bridgehead atoms. The third-order valence-corrected chi connectivity index (χ3v) is 5.40. The van der Waals surface area contributed by atoms with Gasteiger partial charge in [0.1, 0.15) is 35.6 Å². The van der Waals surface area contributed by atoms with E-state index in [0.29, 0.717) is 21.9 Å². The van der Waals surface area contributed by atoms with Crippen LogP contribution in [0.4, 0.5) is 5.82 Å². The maximum Gasteiger partial charge on any atom is 0.316 e. The van der Waals surface area contributed by atoms with Crippen LogP contribution in [0.2, 0.25) is 0 Å². The number of benzene rings is 2. The molecule has 3 rings (SSSR count). The molecule has 0 saturated carbocycles. The van der Waals surface area contributed by atoms with E-state index in [9.17, 15) is 15.3 Å². The summed E-state index contributed by atoms with van der Waals surface area (Å²) in [5.41, 5.74) is 8.38. The molecule has 154 valence electrons. The number of thioether (sulfide) groups is 1. The predicted octanol–water partition coefficient (Wildman–Crippen LogP) is 3.34. The normalized spacial score (nSPS) is 10.0. The van der Waals surface area contributed by atoms with Gasteiger partial charge in [-0.15, -0.1) is 0 Å². The summed E-state index contributed by atoms with van der Waals surface area (Å²) in [5, 5.41) is 19.8. The number of methoxy groups -OCH3 is 1. The maximum absolute atomic E-state index is 12.2. The van der Waals surface area contributed by atoms with Crippen LogP contribution in [-0.2, 0) is 16.1 Å². The number of aromatic nitrogens is 1. The Labute approximate surface area is 184 Å². The zero-order valence-corrected chi connectivity index (χ0v) is 17.5. The van der Waals surface area contributed by atoms with Crippen molar-refractivity contribution < 1.29 is 19.3 Å². The van der Waals surface area contributed by atoms with Crippen LogP contribution in [0.5, 0.6) is 5.75 Å². The monoisotopic (exact) mass is 431 g/mol. The molecule has 3 N–H and O–H groups in total. The summed E-state index contributed by atoms with van der Waals surface area (Å²) in [6, 6.07) is 20.5. The van der Waals surface area contributed by atoms with Gasteiger partial charge >= 0.3 is 5.97 Å². The van der Waals surface area contributed by atoms with Crippen LogP contribution < -0.4 is 15.5 Å². The van der Waals surface area contributed by atoms with Crippen molar-refractivity contribution in [3.8, 4) is 29.0 Å². The Hall–Kier alpha value is -4.01. The lowest BCUT2D eigenvalue weighted by atomic mass is 9.97. The summed E-state index contributed by atoms with van der Waals surface area (Å²) in [6.07, 6.45) is 0. The van der Waals surface area contributed by atoms with E-state index in [1.807, 2.05) is 30.3 Å². The first-order chi connectivity index (χ1) is 15.1. The van der Waals surface area contributed by atoms with E-state index >= 15 is 0 Å². The minimum absolute atomic E-state index is 0.0224. The van der Waals surface area contributed by atoms with Crippen LogP contribution in [0.1, 0.15) is 16.7 Å². The number of rotatable bonds is 7. The molecule has 0 fully saturated rings. The molecule has 2 aromatic carbocycles. The fraction of sp³-hybridized carbons (Fsp3) is 0.130. The zero-order chi connectivity index (χ0) is 22.2. The van der Waals surface area contributed by atoms with Crippen LogP contribution in [0.25, 0.3) is 11.1 Å². The molecule has 0 aliphatic rings. The van der Waals surface area contributed by atoms with Crippen molar-refractivity contribution in [2.75, 3.05) is 18.6 Å². The van der Waals surface area contributed by atoms with Gasteiger partial charge in [-0.25, -0.2) is 4.98 Å². The van der Waals surface area contributed by atoms with Crippen molar-refractivity contribution in [3.05, 3.63) is 71.3 Å². The van der Waals surface area contributed by atoms with Gasteiger partial charge in [0, 0.05) is 5.56 Å². The van der Waals surface area contributed by atoms with Crippen LogP contribution >= 0.6 is 11.8 Å². The molecule has 3 aromatic rings. The number of ether oxygens (including phenoxy) is 2. The van der Waals surface area contributed by atoms with E-state index in [-0.39, 0.29) is 29.3 Å². The van der Waals surface area contributed by atoms with Crippen molar-refractivity contribution in [3.63, 3.8) is 0 Å². The summed E-state index contributed by atoms with van der Waals surface area (Å²) < 4.78 is 10.5. The van der Waals surface area contributed by atoms with E-state index in [0.717, 1.165) is 17.3 Å². The summed E-state index contributed by atoms with van der Waals surface area (Å²) in [6.45, 7) is 0.168. The van der Waals surface area contributed by atoms with Crippen molar-refractivity contribution >= 4 is 23.5 Å². The number of nitrogens with two attached hydrogens (primary N) is 1.